The molecule has 0 saturated carbocycles. The number of hydrogen-bond acceptors (Lipinski definition) is 3. The summed E-state index contributed by atoms with van der Waals surface area (Å²) in [6, 6.07) is 17.3. The molecule has 22 heavy (non-hydrogen) atoms. The second kappa shape index (κ2) is 7.26. The Bertz CT molecular complexity index is 629. The van der Waals surface area contributed by atoms with E-state index in [0.29, 0.717) is 11.3 Å². The highest BCUT2D eigenvalue weighted by atomic mass is 16.5. The van der Waals surface area contributed by atoms with Crippen molar-refractivity contribution in [3.63, 3.8) is 0 Å². The maximum atomic E-state index is 12.4. The third-order valence-electron chi connectivity index (χ3n) is 3.12. The quantitative estimate of drug-likeness (QED) is 0.853. The number of carbonyl (C=O) groups is 2. The van der Waals surface area contributed by atoms with E-state index in [-0.39, 0.29) is 0 Å². The van der Waals surface area contributed by atoms with E-state index in [1.165, 1.54) is 6.92 Å². The summed E-state index contributed by atoms with van der Waals surface area (Å²) in [4.78, 5) is 23.5. The van der Waals surface area contributed by atoms with Crippen LogP contribution >= 0.6 is 0 Å². The summed E-state index contributed by atoms with van der Waals surface area (Å²) in [5, 5.41) is 2.56. The number of para-hydroxylation sites is 1. The second-order valence-electron chi connectivity index (χ2n) is 4.85. The van der Waals surface area contributed by atoms with Gasteiger partial charge in [-0.25, -0.2) is 0 Å². The zero-order valence-electron chi connectivity index (χ0n) is 12.2. The smallest absolute Gasteiger partial charge is 0.266 e. The minimum absolute atomic E-state index is 0.415. The van der Waals surface area contributed by atoms with Crippen LogP contribution in [-0.4, -0.2) is 17.9 Å². The number of primary amides is 1. The van der Waals surface area contributed by atoms with E-state index in [2.05, 4.69) is 5.32 Å². The number of ether oxygens (including phenoxy) is 1. The Morgan fingerprint density at radius 3 is 2.09 bits per heavy atom. The molecule has 114 valence electrons. The van der Waals surface area contributed by atoms with Crippen LogP contribution in [-0.2, 0) is 9.59 Å². The SMILES string of the molecule is C[C@H](NC(=O)[C@@H](Oc1ccccc1)c1ccccc1)C(N)=O. The molecule has 0 aliphatic carbocycles. The number of amides is 2. The molecule has 0 unspecified atom stereocenters. The number of nitrogens with two attached hydrogens (primary N) is 1. The lowest BCUT2D eigenvalue weighted by Gasteiger charge is -2.20. The van der Waals surface area contributed by atoms with Crippen molar-refractivity contribution in [1.29, 1.82) is 0 Å². The molecule has 3 N–H and O–H groups in total. The predicted octanol–water partition coefficient (Wildman–Crippen LogP) is 1.80. The minimum atomic E-state index is -0.856. The summed E-state index contributed by atoms with van der Waals surface area (Å²) < 4.78 is 5.78. The Balaban J connectivity index is 2.22. The molecule has 0 radical (unpaired) electrons. The molecule has 2 aromatic rings. The summed E-state index contributed by atoms with van der Waals surface area (Å²) in [6.07, 6.45) is -0.856. The summed E-state index contributed by atoms with van der Waals surface area (Å²) in [5.41, 5.74) is 5.88. The Labute approximate surface area is 129 Å². The molecule has 0 saturated heterocycles. The van der Waals surface area contributed by atoms with Gasteiger partial charge < -0.3 is 15.8 Å². The molecule has 2 aromatic carbocycles. The van der Waals surface area contributed by atoms with Crippen molar-refractivity contribution in [3.05, 3.63) is 66.2 Å². The molecule has 5 heteroatoms. The molecule has 0 fully saturated rings. The Morgan fingerprint density at radius 2 is 1.55 bits per heavy atom. The first-order valence-corrected chi connectivity index (χ1v) is 6.94. The summed E-state index contributed by atoms with van der Waals surface area (Å²) >= 11 is 0. The highest BCUT2D eigenvalue weighted by Gasteiger charge is 2.25. The first-order valence-electron chi connectivity index (χ1n) is 6.94. The molecule has 2 rings (SSSR count). The fourth-order valence-corrected chi connectivity index (χ4v) is 1.90. The molecule has 2 amide bonds. The number of carbonyl (C=O) groups excluding carboxylic acids is 2. The van der Waals surface area contributed by atoms with Crippen molar-refractivity contribution in [2.75, 3.05) is 0 Å². The van der Waals surface area contributed by atoms with Crippen molar-refractivity contribution in [2.45, 2.75) is 19.1 Å². The molecule has 0 aromatic heterocycles. The first-order chi connectivity index (χ1) is 10.6. The molecular weight excluding hydrogens is 280 g/mol. The Morgan fingerprint density at radius 1 is 1.00 bits per heavy atom. The van der Waals surface area contributed by atoms with Gasteiger partial charge in [-0.15, -0.1) is 0 Å². The lowest BCUT2D eigenvalue weighted by Crippen LogP contribution is -2.45. The van der Waals surface area contributed by atoms with Gasteiger partial charge in [0.15, 0.2) is 0 Å². The number of nitrogens with one attached hydrogen (secondary N) is 1. The highest BCUT2D eigenvalue weighted by Crippen LogP contribution is 2.22. The van der Waals surface area contributed by atoms with Gasteiger partial charge in [-0.05, 0) is 19.1 Å². The first kappa shape index (κ1) is 15.6. The van der Waals surface area contributed by atoms with Crippen LogP contribution in [0.25, 0.3) is 0 Å². The van der Waals surface area contributed by atoms with Gasteiger partial charge in [0.2, 0.25) is 12.0 Å². The standard InChI is InChI=1S/C17H18N2O3/c1-12(16(18)20)19-17(21)15(13-8-4-2-5-9-13)22-14-10-6-3-7-11-14/h2-12,15H,1H3,(H2,18,20)(H,19,21)/t12-,15-/m0/s1. The molecule has 0 heterocycles. The van der Waals surface area contributed by atoms with Crippen molar-refractivity contribution in [1.82, 2.24) is 5.32 Å². The summed E-state index contributed by atoms with van der Waals surface area (Å²) in [6.45, 7) is 1.53. The predicted molar refractivity (Wildman–Crippen MR) is 83.1 cm³/mol. The van der Waals surface area contributed by atoms with Gasteiger partial charge in [-0.2, -0.15) is 0 Å². The van der Waals surface area contributed by atoms with Gasteiger partial charge in [-0.3, -0.25) is 9.59 Å². The minimum Gasteiger partial charge on any atom is -0.476 e. The maximum Gasteiger partial charge on any atom is 0.266 e. The Hall–Kier alpha value is -2.82. The van der Waals surface area contributed by atoms with Crippen LogP contribution in [0.4, 0.5) is 0 Å². The van der Waals surface area contributed by atoms with Crippen LogP contribution in [0, 0.1) is 0 Å². The van der Waals surface area contributed by atoms with Gasteiger partial charge in [0.05, 0.1) is 0 Å². The third-order valence-corrected chi connectivity index (χ3v) is 3.12. The van der Waals surface area contributed by atoms with Crippen LogP contribution in [0.5, 0.6) is 5.75 Å². The lowest BCUT2D eigenvalue weighted by atomic mass is 10.1. The second-order valence-corrected chi connectivity index (χ2v) is 4.85. The van der Waals surface area contributed by atoms with Crippen molar-refractivity contribution >= 4 is 11.8 Å². The largest absolute Gasteiger partial charge is 0.476 e. The number of rotatable bonds is 6. The monoisotopic (exact) mass is 298 g/mol. The molecule has 0 aliphatic heterocycles. The molecule has 0 spiro atoms. The van der Waals surface area contributed by atoms with E-state index in [9.17, 15) is 9.59 Å². The van der Waals surface area contributed by atoms with Gasteiger partial charge in [0.25, 0.3) is 5.91 Å². The average Bonchev–Trinajstić information content (AvgIpc) is 2.54. The lowest BCUT2D eigenvalue weighted by molar-refractivity contribution is -0.132. The van der Waals surface area contributed by atoms with Gasteiger partial charge in [0.1, 0.15) is 11.8 Å². The van der Waals surface area contributed by atoms with E-state index in [1.54, 1.807) is 24.3 Å². The highest BCUT2D eigenvalue weighted by molar-refractivity contribution is 5.89. The maximum absolute atomic E-state index is 12.4. The normalized spacial score (nSPS) is 13.0. The third kappa shape index (κ3) is 4.09. The average molecular weight is 298 g/mol. The molecular formula is C17H18N2O3. The van der Waals surface area contributed by atoms with Crippen LogP contribution in [0.1, 0.15) is 18.6 Å². The van der Waals surface area contributed by atoms with Crippen LogP contribution in [0.15, 0.2) is 60.7 Å². The van der Waals surface area contributed by atoms with Gasteiger partial charge in [-0.1, -0.05) is 48.5 Å². The number of benzene rings is 2. The van der Waals surface area contributed by atoms with Crippen LogP contribution < -0.4 is 15.8 Å². The Kier molecular flexibility index (Phi) is 5.14. The van der Waals surface area contributed by atoms with E-state index >= 15 is 0 Å². The number of hydrogen-bond donors (Lipinski definition) is 2. The van der Waals surface area contributed by atoms with Crippen molar-refractivity contribution < 1.29 is 14.3 Å². The molecule has 2 atom stereocenters. The van der Waals surface area contributed by atoms with Crippen LogP contribution in [0.3, 0.4) is 0 Å². The fourth-order valence-electron chi connectivity index (χ4n) is 1.90. The summed E-state index contributed by atoms with van der Waals surface area (Å²) in [7, 11) is 0. The van der Waals surface area contributed by atoms with Gasteiger partial charge in [0, 0.05) is 5.56 Å². The molecule has 5 nitrogen and oxygen atoms in total. The fraction of sp³-hybridized carbons (Fsp3) is 0.176. The van der Waals surface area contributed by atoms with E-state index < -0.39 is 24.0 Å². The summed E-state index contributed by atoms with van der Waals surface area (Å²) in [5.74, 6) is -0.445. The van der Waals surface area contributed by atoms with E-state index in [0.717, 1.165) is 0 Å². The molecule has 0 bridgehead atoms. The van der Waals surface area contributed by atoms with Crippen molar-refractivity contribution in [3.8, 4) is 5.75 Å². The zero-order chi connectivity index (χ0) is 15.9. The zero-order valence-corrected chi connectivity index (χ0v) is 12.2. The van der Waals surface area contributed by atoms with Gasteiger partial charge >= 0.3 is 0 Å². The van der Waals surface area contributed by atoms with E-state index in [1.807, 2.05) is 36.4 Å². The van der Waals surface area contributed by atoms with Crippen molar-refractivity contribution in [2.24, 2.45) is 5.73 Å². The topological polar surface area (TPSA) is 81.4 Å². The molecule has 0 aliphatic rings. The van der Waals surface area contributed by atoms with E-state index in [4.69, 9.17) is 10.5 Å². The van der Waals surface area contributed by atoms with Crippen LogP contribution in [0.2, 0.25) is 0 Å².